The van der Waals surface area contributed by atoms with E-state index >= 15 is 0 Å². The summed E-state index contributed by atoms with van der Waals surface area (Å²) in [4.78, 5) is 10.8. The van der Waals surface area contributed by atoms with Crippen molar-refractivity contribution in [1.29, 1.82) is 0 Å². The van der Waals surface area contributed by atoms with E-state index in [1.807, 2.05) is 24.3 Å². The standard InChI is InChI=1S/C16H15ClO3S/c17-14-6-4-12(5-7-14)11-21-9-8-20-15-3-1-2-13(10-15)16(18)19/h1-7,10H,8-9,11H2,(H,18,19). The van der Waals surface area contributed by atoms with Gasteiger partial charge >= 0.3 is 5.97 Å². The Morgan fingerprint density at radius 1 is 1.19 bits per heavy atom. The molecule has 0 spiro atoms. The molecule has 0 aliphatic heterocycles. The second-order valence-corrected chi connectivity index (χ2v) is 5.90. The first-order valence-electron chi connectivity index (χ1n) is 6.43. The molecule has 5 heteroatoms. The minimum absolute atomic E-state index is 0.237. The van der Waals surface area contributed by atoms with Gasteiger partial charge in [0, 0.05) is 16.5 Å². The number of carbonyl (C=O) groups is 1. The molecule has 0 saturated carbocycles. The Morgan fingerprint density at radius 2 is 1.95 bits per heavy atom. The second-order valence-electron chi connectivity index (χ2n) is 4.36. The third kappa shape index (κ3) is 5.33. The maximum Gasteiger partial charge on any atom is 0.335 e. The molecular weight excluding hydrogens is 308 g/mol. The highest BCUT2D eigenvalue weighted by Crippen LogP contribution is 2.17. The van der Waals surface area contributed by atoms with Crippen molar-refractivity contribution < 1.29 is 14.6 Å². The first kappa shape index (κ1) is 15.7. The van der Waals surface area contributed by atoms with Crippen LogP contribution < -0.4 is 4.74 Å². The Bertz CT molecular complexity index is 599. The number of halogens is 1. The monoisotopic (exact) mass is 322 g/mol. The molecule has 2 aromatic carbocycles. The molecule has 0 amide bonds. The summed E-state index contributed by atoms with van der Waals surface area (Å²) in [5, 5.41) is 9.64. The molecule has 1 N–H and O–H groups in total. The fourth-order valence-corrected chi connectivity index (χ4v) is 2.61. The van der Waals surface area contributed by atoms with E-state index in [1.165, 1.54) is 11.6 Å². The highest BCUT2D eigenvalue weighted by atomic mass is 35.5. The third-order valence-electron chi connectivity index (χ3n) is 2.76. The number of ether oxygens (including phenoxy) is 1. The third-order valence-corrected chi connectivity index (χ3v) is 4.00. The molecule has 0 heterocycles. The molecular formula is C16H15ClO3S. The lowest BCUT2D eigenvalue weighted by molar-refractivity contribution is 0.0696. The maximum atomic E-state index is 10.8. The van der Waals surface area contributed by atoms with Gasteiger partial charge in [-0.1, -0.05) is 29.8 Å². The maximum absolute atomic E-state index is 10.8. The summed E-state index contributed by atoms with van der Waals surface area (Å²) in [7, 11) is 0. The molecule has 2 rings (SSSR count). The van der Waals surface area contributed by atoms with E-state index in [1.54, 1.807) is 30.0 Å². The van der Waals surface area contributed by atoms with Gasteiger partial charge in [-0.25, -0.2) is 4.79 Å². The number of rotatable bonds is 7. The summed E-state index contributed by atoms with van der Waals surface area (Å²) in [5.74, 6) is 1.37. The van der Waals surface area contributed by atoms with Crippen LogP contribution in [-0.2, 0) is 5.75 Å². The smallest absolute Gasteiger partial charge is 0.335 e. The van der Waals surface area contributed by atoms with Gasteiger partial charge in [0.15, 0.2) is 0 Å². The number of carboxylic acids is 1. The predicted molar refractivity (Wildman–Crippen MR) is 86.5 cm³/mol. The van der Waals surface area contributed by atoms with Crippen LogP contribution in [0, 0.1) is 0 Å². The lowest BCUT2D eigenvalue weighted by Gasteiger charge is -2.07. The molecule has 0 bridgehead atoms. The molecule has 0 aromatic heterocycles. The first-order chi connectivity index (χ1) is 10.1. The van der Waals surface area contributed by atoms with Crippen LogP contribution in [0.5, 0.6) is 5.75 Å². The normalized spacial score (nSPS) is 10.3. The summed E-state index contributed by atoms with van der Waals surface area (Å²) in [6, 6.07) is 14.3. The molecule has 110 valence electrons. The van der Waals surface area contributed by atoms with Crippen LogP contribution in [0.25, 0.3) is 0 Å². The van der Waals surface area contributed by atoms with Gasteiger partial charge in [-0.05, 0) is 35.9 Å². The fourth-order valence-electron chi connectivity index (χ4n) is 1.71. The lowest BCUT2D eigenvalue weighted by Crippen LogP contribution is -2.02. The van der Waals surface area contributed by atoms with Crippen molar-refractivity contribution in [3.63, 3.8) is 0 Å². The van der Waals surface area contributed by atoms with Gasteiger partial charge in [0.25, 0.3) is 0 Å². The van der Waals surface area contributed by atoms with Crippen LogP contribution in [0.15, 0.2) is 48.5 Å². The first-order valence-corrected chi connectivity index (χ1v) is 7.97. The Balaban J connectivity index is 1.71. The minimum Gasteiger partial charge on any atom is -0.493 e. The van der Waals surface area contributed by atoms with Gasteiger partial charge in [-0.15, -0.1) is 0 Å². The Kier molecular flexibility index (Phi) is 5.96. The van der Waals surface area contributed by atoms with Crippen molar-refractivity contribution >= 4 is 29.3 Å². The molecule has 0 atom stereocenters. The van der Waals surface area contributed by atoms with Crippen LogP contribution >= 0.6 is 23.4 Å². The molecule has 3 nitrogen and oxygen atoms in total. The zero-order chi connectivity index (χ0) is 15.1. The van der Waals surface area contributed by atoms with E-state index in [-0.39, 0.29) is 5.56 Å². The van der Waals surface area contributed by atoms with Crippen molar-refractivity contribution in [2.45, 2.75) is 5.75 Å². The van der Waals surface area contributed by atoms with Crippen LogP contribution in [-0.4, -0.2) is 23.4 Å². The van der Waals surface area contributed by atoms with E-state index in [4.69, 9.17) is 21.4 Å². The Hall–Kier alpha value is -1.65. The molecule has 0 aliphatic rings. The van der Waals surface area contributed by atoms with Crippen molar-refractivity contribution in [3.05, 3.63) is 64.7 Å². The van der Waals surface area contributed by atoms with E-state index < -0.39 is 5.97 Å². The van der Waals surface area contributed by atoms with Gasteiger partial charge in [-0.2, -0.15) is 11.8 Å². The number of carboxylic acid groups (broad SMARTS) is 1. The van der Waals surface area contributed by atoms with Crippen LogP contribution in [0.3, 0.4) is 0 Å². The molecule has 21 heavy (non-hydrogen) atoms. The van der Waals surface area contributed by atoms with Crippen molar-refractivity contribution in [2.75, 3.05) is 12.4 Å². The highest BCUT2D eigenvalue weighted by molar-refractivity contribution is 7.98. The molecule has 0 radical (unpaired) electrons. The number of thioether (sulfide) groups is 1. The number of hydrogen-bond donors (Lipinski definition) is 1. The second kappa shape index (κ2) is 7.96. The van der Waals surface area contributed by atoms with Crippen LogP contribution in [0.2, 0.25) is 5.02 Å². The zero-order valence-corrected chi connectivity index (χ0v) is 12.9. The summed E-state index contributed by atoms with van der Waals surface area (Å²) >= 11 is 7.59. The van der Waals surface area contributed by atoms with E-state index in [2.05, 4.69) is 0 Å². The minimum atomic E-state index is -0.947. The van der Waals surface area contributed by atoms with Crippen molar-refractivity contribution in [1.82, 2.24) is 0 Å². The largest absolute Gasteiger partial charge is 0.493 e. The predicted octanol–water partition coefficient (Wildman–Crippen LogP) is 4.35. The summed E-state index contributed by atoms with van der Waals surface area (Å²) in [5.41, 5.74) is 1.46. The van der Waals surface area contributed by atoms with Gasteiger partial charge in [0.2, 0.25) is 0 Å². The Morgan fingerprint density at radius 3 is 2.67 bits per heavy atom. The zero-order valence-electron chi connectivity index (χ0n) is 11.3. The molecule has 2 aromatic rings. The average Bonchev–Trinajstić information content (AvgIpc) is 2.49. The van der Waals surface area contributed by atoms with Gasteiger partial charge < -0.3 is 9.84 Å². The van der Waals surface area contributed by atoms with Crippen LogP contribution in [0.4, 0.5) is 0 Å². The summed E-state index contributed by atoms with van der Waals surface area (Å²) in [6.45, 7) is 0.543. The van der Waals surface area contributed by atoms with E-state index in [9.17, 15) is 4.79 Å². The Labute approximate surface area is 132 Å². The molecule has 0 unspecified atom stereocenters. The molecule has 0 saturated heterocycles. The van der Waals surface area contributed by atoms with E-state index in [0.717, 1.165) is 16.5 Å². The molecule has 0 aliphatic carbocycles. The summed E-state index contributed by atoms with van der Waals surface area (Å²) in [6.07, 6.45) is 0. The van der Waals surface area contributed by atoms with Gasteiger partial charge in [-0.3, -0.25) is 0 Å². The van der Waals surface area contributed by atoms with Crippen molar-refractivity contribution in [2.24, 2.45) is 0 Å². The fraction of sp³-hybridized carbons (Fsp3) is 0.188. The van der Waals surface area contributed by atoms with E-state index in [0.29, 0.717) is 12.4 Å². The van der Waals surface area contributed by atoms with Gasteiger partial charge in [0.05, 0.1) is 12.2 Å². The SMILES string of the molecule is O=C(O)c1cccc(OCCSCc2ccc(Cl)cc2)c1. The average molecular weight is 323 g/mol. The van der Waals surface area contributed by atoms with Crippen molar-refractivity contribution in [3.8, 4) is 5.75 Å². The highest BCUT2D eigenvalue weighted by Gasteiger charge is 2.03. The van der Waals surface area contributed by atoms with Crippen LogP contribution in [0.1, 0.15) is 15.9 Å². The topological polar surface area (TPSA) is 46.5 Å². The number of hydrogen-bond acceptors (Lipinski definition) is 3. The lowest BCUT2D eigenvalue weighted by atomic mass is 10.2. The quantitative estimate of drug-likeness (QED) is 0.770. The summed E-state index contributed by atoms with van der Waals surface area (Å²) < 4.78 is 5.55. The number of benzene rings is 2. The van der Waals surface area contributed by atoms with Gasteiger partial charge in [0.1, 0.15) is 5.75 Å². The molecule has 0 fully saturated rings. The number of aromatic carboxylic acids is 1.